The smallest absolute Gasteiger partial charge is 0.264 e. The third-order valence-electron chi connectivity index (χ3n) is 4.18. The minimum absolute atomic E-state index is 0.0609. The van der Waals surface area contributed by atoms with Gasteiger partial charge >= 0.3 is 0 Å². The van der Waals surface area contributed by atoms with E-state index in [1.165, 1.54) is 24.3 Å². The zero-order chi connectivity index (χ0) is 20.2. The van der Waals surface area contributed by atoms with Gasteiger partial charge in [0.15, 0.2) is 0 Å². The minimum atomic E-state index is -4.02. The number of anilines is 1. The van der Waals surface area contributed by atoms with Crippen molar-refractivity contribution in [3.05, 3.63) is 58.6 Å². The highest BCUT2D eigenvalue weighted by atomic mass is 35.5. The Hall–Kier alpha value is -1.76. The fourth-order valence-corrected chi connectivity index (χ4v) is 4.18. The molecule has 146 valence electrons. The van der Waals surface area contributed by atoms with Crippen molar-refractivity contribution in [1.29, 1.82) is 0 Å². The molecule has 2 aromatic carbocycles. The maximum Gasteiger partial charge on any atom is 0.264 e. The summed E-state index contributed by atoms with van der Waals surface area (Å²) < 4.78 is 27.4. The van der Waals surface area contributed by atoms with E-state index in [1.807, 2.05) is 20.8 Å². The van der Waals surface area contributed by atoms with Crippen molar-refractivity contribution >= 4 is 44.8 Å². The van der Waals surface area contributed by atoms with Crippen LogP contribution < -0.4 is 9.62 Å². The van der Waals surface area contributed by atoms with Crippen molar-refractivity contribution in [2.75, 3.05) is 10.8 Å². The number of benzene rings is 2. The SMILES string of the molecule is CC(C)[C@@H](C)NC(=O)CN(c1cc(Cl)ccc1Cl)S(=O)(=O)c1ccccc1. The number of halogens is 2. The lowest BCUT2D eigenvalue weighted by molar-refractivity contribution is -0.120. The fourth-order valence-electron chi connectivity index (χ4n) is 2.29. The maximum atomic E-state index is 13.2. The van der Waals surface area contributed by atoms with E-state index in [4.69, 9.17) is 23.2 Å². The zero-order valence-corrected chi connectivity index (χ0v) is 17.6. The second-order valence-electron chi connectivity index (χ2n) is 6.52. The maximum absolute atomic E-state index is 13.2. The topological polar surface area (TPSA) is 66.5 Å². The first-order chi connectivity index (χ1) is 12.6. The van der Waals surface area contributed by atoms with Gasteiger partial charge in [-0.1, -0.05) is 55.2 Å². The van der Waals surface area contributed by atoms with Gasteiger partial charge < -0.3 is 5.32 Å². The van der Waals surface area contributed by atoms with E-state index >= 15 is 0 Å². The lowest BCUT2D eigenvalue weighted by atomic mass is 10.1. The Labute approximate surface area is 170 Å². The van der Waals surface area contributed by atoms with Crippen LogP contribution in [0.2, 0.25) is 10.0 Å². The third-order valence-corrected chi connectivity index (χ3v) is 6.51. The molecule has 1 N–H and O–H groups in total. The molecular weight excluding hydrogens is 407 g/mol. The monoisotopic (exact) mass is 428 g/mol. The summed E-state index contributed by atoms with van der Waals surface area (Å²) in [5.74, 6) is -0.213. The molecule has 0 aromatic heterocycles. The summed E-state index contributed by atoms with van der Waals surface area (Å²) in [6.45, 7) is 5.40. The van der Waals surface area contributed by atoms with Crippen molar-refractivity contribution < 1.29 is 13.2 Å². The van der Waals surface area contributed by atoms with Gasteiger partial charge in [-0.15, -0.1) is 0 Å². The Morgan fingerprint density at radius 1 is 1.07 bits per heavy atom. The molecule has 8 heteroatoms. The number of carbonyl (C=O) groups is 1. The summed E-state index contributed by atoms with van der Waals surface area (Å²) in [5, 5.41) is 3.32. The molecule has 0 aliphatic carbocycles. The number of nitrogens with one attached hydrogen (secondary N) is 1. The van der Waals surface area contributed by atoms with Gasteiger partial charge in [0.05, 0.1) is 15.6 Å². The molecule has 0 fully saturated rings. The standard InChI is InChI=1S/C19H22Cl2N2O3S/c1-13(2)14(3)22-19(24)12-23(18-11-15(20)9-10-17(18)21)27(25,26)16-7-5-4-6-8-16/h4-11,13-14H,12H2,1-3H3,(H,22,24)/t14-/m1/s1. The van der Waals surface area contributed by atoms with Crippen LogP contribution in [0.3, 0.4) is 0 Å². The van der Waals surface area contributed by atoms with Crippen molar-refractivity contribution in [3.8, 4) is 0 Å². The van der Waals surface area contributed by atoms with Crippen LogP contribution in [-0.2, 0) is 14.8 Å². The summed E-state index contributed by atoms with van der Waals surface area (Å²) >= 11 is 12.3. The lowest BCUT2D eigenvalue weighted by Gasteiger charge is -2.26. The first-order valence-electron chi connectivity index (χ1n) is 8.45. The predicted molar refractivity (Wildman–Crippen MR) is 110 cm³/mol. The largest absolute Gasteiger partial charge is 0.352 e. The molecule has 2 rings (SSSR count). The Kier molecular flexibility index (Phi) is 7.14. The van der Waals surface area contributed by atoms with E-state index in [1.54, 1.807) is 24.3 Å². The Bertz CT molecular complexity index is 902. The molecule has 0 bridgehead atoms. The van der Waals surface area contributed by atoms with Crippen LogP contribution in [0.15, 0.2) is 53.4 Å². The highest BCUT2D eigenvalue weighted by Crippen LogP contribution is 2.32. The highest BCUT2D eigenvalue weighted by Gasteiger charge is 2.29. The van der Waals surface area contributed by atoms with Gasteiger partial charge in [0.2, 0.25) is 5.91 Å². The van der Waals surface area contributed by atoms with E-state index in [2.05, 4.69) is 5.32 Å². The fraction of sp³-hybridized carbons (Fsp3) is 0.316. The molecular formula is C19H22Cl2N2O3S. The van der Waals surface area contributed by atoms with Crippen molar-refractivity contribution in [1.82, 2.24) is 5.32 Å². The quantitative estimate of drug-likeness (QED) is 0.712. The summed E-state index contributed by atoms with van der Waals surface area (Å²) in [6.07, 6.45) is 0. The van der Waals surface area contributed by atoms with Gasteiger partial charge in [0, 0.05) is 11.1 Å². The molecule has 1 atom stereocenters. The molecule has 27 heavy (non-hydrogen) atoms. The van der Waals surface area contributed by atoms with Crippen molar-refractivity contribution in [3.63, 3.8) is 0 Å². The van der Waals surface area contributed by atoms with Gasteiger partial charge in [-0.2, -0.15) is 0 Å². The highest BCUT2D eigenvalue weighted by molar-refractivity contribution is 7.92. The normalized spacial score (nSPS) is 12.7. The molecule has 0 saturated carbocycles. The third kappa shape index (κ3) is 5.37. The number of rotatable bonds is 7. The molecule has 2 aromatic rings. The van der Waals surface area contributed by atoms with Crippen LogP contribution in [0.1, 0.15) is 20.8 Å². The van der Waals surface area contributed by atoms with Gasteiger partial charge in [-0.25, -0.2) is 8.42 Å². The van der Waals surface area contributed by atoms with Crippen molar-refractivity contribution in [2.45, 2.75) is 31.7 Å². The summed E-state index contributed by atoms with van der Waals surface area (Å²) in [7, 11) is -4.02. The van der Waals surface area contributed by atoms with Gasteiger partial charge in [0.25, 0.3) is 10.0 Å². The van der Waals surface area contributed by atoms with Crippen LogP contribution in [0, 0.1) is 5.92 Å². The molecule has 0 radical (unpaired) electrons. The van der Waals surface area contributed by atoms with Crippen LogP contribution in [0.25, 0.3) is 0 Å². The Morgan fingerprint density at radius 2 is 1.70 bits per heavy atom. The predicted octanol–water partition coefficient (Wildman–Crippen LogP) is 4.35. The Balaban J connectivity index is 2.46. The number of hydrogen-bond donors (Lipinski definition) is 1. The first-order valence-corrected chi connectivity index (χ1v) is 10.6. The number of amides is 1. The van der Waals surface area contributed by atoms with Crippen LogP contribution in [-0.4, -0.2) is 26.9 Å². The van der Waals surface area contributed by atoms with Gasteiger partial charge in [-0.3, -0.25) is 9.10 Å². The van der Waals surface area contributed by atoms with E-state index in [0.717, 1.165) is 4.31 Å². The summed E-state index contributed by atoms with van der Waals surface area (Å²) in [4.78, 5) is 12.6. The van der Waals surface area contributed by atoms with Gasteiger partial charge in [0.1, 0.15) is 6.54 Å². The van der Waals surface area contributed by atoms with Crippen LogP contribution in [0.5, 0.6) is 0 Å². The molecule has 0 spiro atoms. The van der Waals surface area contributed by atoms with E-state index < -0.39 is 22.5 Å². The van der Waals surface area contributed by atoms with E-state index in [-0.39, 0.29) is 27.6 Å². The minimum Gasteiger partial charge on any atom is -0.352 e. The second kappa shape index (κ2) is 8.95. The molecule has 0 aliphatic rings. The number of carbonyl (C=O) groups excluding carboxylic acids is 1. The molecule has 0 aliphatic heterocycles. The van der Waals surface area contributed by atoms with Crippen LogP contribution >= 0.6 is 23.2 Å². The van der Waals surface area contributed by atoms with Crippen LogP contribution in [0.4, 0.5) is 5.69 Å². The molecule has 0 unspecified atom stereocenters. The summed E-state index contributed by atoms with van der Waals surface area (Å²) in [5.41, 5.74) is 0.153. The molecule has 0 heterocycles. The first kappa shape index (κ1) is 21.5. The molecule has 5 nitrogen and oxygen atoms in total. The number of sulfonamides is 1. The molecule has 0 saturated heterocycles. The number of hydrogen-bond acceptors (Lipinski definition) is 3. The summed E-state index contributed by atoms with van der Waals surface area (Å²) in [6, 6.07) is 12.3. The van der Waals surface area contributed by atoms with Gasteiger partial charge in [-0.05, 0) is 43.2 Å². The average molecular weight is 429 g/mol. The zero-order valence-electron chi connectivity index (χ0n) is 15.3. The lowest BCUT2D eigenvalue weighted by Crippen LogP contribution is -2.45. The average Bonchev–Trinajstić information content (AvgIpc) is 2.62. The van der Waals surface area contributed by atoms with Crippen molar-refractivity contribution in [2.24, 2.45) is 5.92 Å². The van der Waals surface area contributed by atoms with E-state index in [0.29, 0.717) is 5.02 Å². The second-order valence-corrected chi connectivity index (χ2v) is 9.23. The van der Waals surface area contributed by atoms with E-state index in [9.17, 15) is 13.2 Å². The number of nitrogens with zero attached hydrogens (tertiary/aromatic N) is 1. The Morgan fingerprint density at radius 3 is 2.30 bits per heavy atom. The molecule has 1 amide bonds.